The third-order valence-corrected chi connectivity index (χ3v) is 2.90. The lowest BCUT2D eigenvalue weighted by atomic mass is 10.3. The van der Waals surface area contributed by atoms with Crippen LogP contribution in [0.1, 0.15) is 0 Å². The molecule has 10 heteroatoms. The van der Waals surface area contributed by atoms with Crippen LogP contribution in [0, 0.1) is 0 Å². The van der Waals surface area contributed by atoms with E-state index in [0.717, 1.165) is 10.9 Å². The molecule has 19 heavy (non-hydrogen) atoms. The molecule has 0 aliphatic carbocycles. The Balaban J connectivity index is 2.87. The van der Waals surface area contributed by atoms with Crippen molar-refractivity contribution in [1.29, 1.82) is 0 Å². The monoisotopic (exact) mass is 347 g/mol. The molecule has 0 unspecified atom stereocenters. The van der Waals surface area contributed by atoms with E-state index in [1.165, 1.54) is 0 Å². The maximum absolute atomic E-state index is 12.7. The van der Waals surface area contributed by atoms with Crippen LogP contribution in [0.2, 0.25) is 0 Å². The molecule has 5 nitrogen and oxygen atoms in total. The summed E-state index contributed by atoms with van der Waals surface area (Å²) in [4.78, 5) is 11.6. The van der Waals surface area contributed by atoms with Gasteiger partial charge in [0.2, 0.25) is 0 Å². The summed E-state index contributed by atoms with van der Waals surface area (Å²) < 4.78 is 50.1. The first kappa shape index (κ1) is 15.9. The number of rotatable bonds is 6. The van der Waals surface area contributed by atoms with Gasteiger partial charge in [-0.1, -0.05) is 0 Å². The zero-order valence-electron chi connectivity index (χ0n) is 9.42. The summed E-state index contributed by atoms with van der Waals surface area (Å²) in [6.07, 6.45) is -2.77. The van der Waals surface area contributed by atoms with Crippen LogP contribution in [0.5, 0.6) is 0 Å². The van der Waals surface area contributed by atoms with Gasteiger partial charge in [-0.05, 0) is 15.9 Å². The number of hydrogen-bond donors (Lipinski definition) is 2. The molecule has 0 aliphatic rings. The van der Waals surface area contributed by atoms with Crippen LogP contribution in [0.25, 0.3) is 0 Å². The summed E-state index contributed by atoms with van der Waals surface area (Å²) in [7, 11) is 0. The largest absolute Gasteiger partial charge is 0.394 e. The number of nitrogens with zero attached hydrogens (tertiary/aromatic N) is 2. The molecule has 2 N–H and O–H groups in total. The van der Waals surface area contributed by atoms with E-state index in [1.54, 1.807) is 0 Å². The Bertz CT molecular complexity index is 495. The topological polar surface area (TPSA) is 67.2 Å². The highest BCUT2D eigenvalue weighted by atomic mass is 79.9. The van der Waals surface area contributed by atoms with Crippen molar-refractivity contribution in [1.82, 2.24) is 9.78 Å². The quantitative estimate of drug-likeness (QED) is 0.761. The van der Waals surface area contributed by atoms with Crippen LogP contribution in [-0.2, 0) is 6.54 Å². The number of alkyl halides is 4. The molecule has 0 radical (unpaired) electrons. The molecule has 1 rings (SSSR count). The summed E-state index contributed by atoms with van der Waals surface area (Å²) in [6.45, 7) is -1.71. The van der Waals surface area contributed by atoms with Crippen molar-refractivity contribution >= 4 is 21.6 Å². The summed E-state index contributed by atoms with van der Waals surface area (Å²) >= 11 is 2.86. The number of aliphatic hydroxyl groups excluding tert-OH is 1. The number of halogens is 5. The van der Waals surface area contributed by atoms with E-state index in [0.29, 0.717) is 0 Å². The SMILES string of the molecule is O=c1c(Br)c(NCC(F)(F)C(F)F)cnn1CCO. The molecule has 1 aromatic heterocycles. The van der Waals surface area contributed by atoms with Gasteiger partial charge in [-0.3, -0.25) is 4.79 Å². The number of anilines is 1. The summed E-state index contributed by atoms with van der Waals surface area (Å²) in [6, 6.07) is 0. The van der Waals surface area contributed by atoms with Crippen LogP contribution in [-0.4, -0.2) is 40.4 Å². The van der Waals surface area contributed by atoms with Gasteiger partial charge in [0.1, 0.15) is 4.47 Å². The Labute approximate surface area is 113 Å². The standard InChI is InChI=1S/C9H10BrF4N3O2/c10-6-5(15-4-9(13,14)8(11)12)3-16-17(1-2-18)7(6)19/h3,8,15,18H,1-2,4H2. The van der Waals surface area contributed by atoms with Crippen LogP contribution < -0.4 is 10.9 Å². The number of nitrogens with one attached hydrogen (secondary N) is 1. The molecule has 0 amide bonds. The van der Waals surface area contributed by atoms with Crippen molar-refractivity contribution < 1.29 is 22.7 Å². The van der Waals surface area contributed by atoms with Crippen LogP contribution in [0.3, 0.4) is 0 Å². The van der Waals surface area contributed by atoms with E-state index < -0.39 is 24.5 Å². The van der Waals surface area contributed by atoms with Crippen molar-refractivity contribution in [3.63, 3.8) is 0 Å². The van der Waals surface area contributed by atoms with Gasteiger partial charge in [0.05, 0.1) is 31.6 Å². The minimum atomic E-state index is -4.21. The van der Waals surface area contributed by atoms with E-state index >= 15 is 0 Å². The van der Waals surface area contributed by atoms with E-state index in [2.05, 4.69) is 21.0 Å². The maximum Gasteiger partial charge on any atom is 0.324 e. The van der Waals surface area contributed by atoms with Gasteiger partial charge in [0.25, 0.3) is 5.56 Å². The fourth-order valence-corrected chi connectivity index (χ4v) is 1.58. The molecular formula is C9H10BrF4N3O2. The molecule has 0 saturated carbocycles. The van der Waals surface area contributed by atoms with Crippen molar-refractivity contribution in [3.05, 3.63) is 21.0 Å². The zero-order chi connectivity index (χ0) is 14.6. The molecule has 0 saturated heterocycles. The average molecular weight is 348 g/mol. The first-order valence-electron chi connectivity index (χ1n) is 5.06. The van der Waals surface area contributed by atoms with Gasteiger partial charge < -0.3 is 10.4 Å². The lowest BCUT2D eigenvalue weighted by molar-refractivity contribution is -0.117. The number of aromatic nitrogens is 2. The predicted octanol–water partition coefficient (Wildman–Crippen LogP) is 1.31. The summed E-state index contributed by atoms with van der Waals surface area (Å²) in [5.74, 6) is -4.21. The fraction of sp³-hybridized carbons (Fsp3) is 0.556. The average Bonchev–Trinajstić information content (AvgIpc) is 2.34. The van der Waals surface area contributed by atoms with Crippen molar-refractivity contribution in [2.45, 2.75) is 18.9 Å². The molecule has 108 valence electrons. The van der Waals surface area contributed by atoms with E-state index in [-0.39, 0.29) is 23.3 Å². The van der Waals surface area contributed by atoms with Crippen LogP contribution >= 0.6 is 15.9 Å². The maximum atomic E-state index is 12.7. The van der Waals surface area contributed by atoms with Gasteiger partial charge in [-0.25, -0.2) is 13.5 Å². The second kappa shape index (κ2) is 6.33. The lowest BCUT2D eigenvalue weighted by Gasteiger charge is -2.17. The molecule has 1 heterocycles. The highest BCUT2D eigenvalue weighted by molar-refractivity contribution is 9.10. The minimum Gasteiger partial charge on any atom is -0.394 e. The van der Waals surface area contributed by atoms with Gasteiger partial charge >= 0.3 is 12.3 Å². The normalized spacial score (nSPS) is 11.9. The number of hydrogen-bond acceptors (Lipinski definition) is 4. The van der Waals surface area contributed by atoms with Gasteiger partial charge in [0.15, 0.2) is 0 Å². The summed E-state index contributed by atoms with van der Waals surface area (Å²) in [5.41, 5.74) is -0.793. The van der Waals surface area contributed by atoms with Gasteiger partial charge in [-0.15, -0.1) is 0 Å². The predicted molar refractivity (Wildman–Crippen MR) is 62.7 cm³/mol. The highest BCUT2D eigenvalue weighted by Crippen LogP contribution is 2.24. The molecule has 0 spiro atoms. The second-order valence-electron chi connectivity index (χ2n) is 3.54. The summed E-state index contributed by atoms with van der Waals surface area (Å²) in [5, 5.41) is 14.3. The first-order valence-corrected chi connectivity index (χ1v) is 5.85. The minimum absolute atomic E-state index is 0.0646. The third-order valence-electron chi connectivity index (χ3n) is 2.13. The first-order chi connectivity index (χ1) is 8.79. The smallest absolute Gasteiger partial charge is 0.324 e. The molecule has 0 aliphatic heterocycles. The van der Waals surface area contributed by atoms with Gasteiger partial charge in [-0.2, -0.15) is 13.9 Å². The second-order valence-corrected chi connectivity index (χ2v) is 4.33. The highest BCUT2D eigenvalue weighted by Gasteiger charge is 2.40. The lowest BCUT2D eigenvalue weighted by Crippen LogP contribution is -2.35. The van der Waals surface area contributed by atoms with E-state index in [4.69, 9.17) is 5.11 Å². The van der Waals surface area contributed by atoms with Crippen molar-refractivity contribution in [2.75, 3.05) is 18.5 Å². The molecule has 0 atom stereocenters. The Morgan fingerprint density at radius 2 is 2.16 bits per heavy atom. The molecule has 1 aromatic rings. The number of aliphatic hydroxyl groups is 1. The Hall–Kier alpha value is -1.16. The molecular weight excluding hydrogens is 338 g/mol. The van der Waals surface area contributed by atoms with E-state index in [9.17, 15) is 22.4 Å². The molecule has 0 aromatic carbocycles. The van der Waals surface area contributed by atoms with Gasteiger partial charge in [0, 0.05) is 0 Å². The Morgan fingerprint density at radius 1 is 1.53 bits per heavy atom. The molecule has 0 fully saturated rings. The van der Waals surface area contributed by atoms with Crippen LogP contribution in [0.4, 0.5) is 23.2 Å². The zero-order valence-corrected chi connectivity index (χ0v) is 11.0. The van der Waals surface area contributed by atoms with Crippen molar-refractivity contribution in [2.24, 2.45) is 0 Å². The molecule has 0 bridgehead atoms. The third kappa shape index (κ3) is 3.90. The Morgan fingerprint density at radius 3 is 2.68 bits per heavy atom. The van der Waals surface area contributed by atoms with E-state index in [1.807, 2.05) is 5.32 Å². The van der Waals surface area contributed by atoms with Crippen LogP contribution in [0.15, 0.2) is 15.5 Å². The fourth-order valence-electron chi connectivity index (χ4n) is 1.13. The van der Waals surface area contributed by atoms with Crippen molar-refractivity contribution in [3.8, 4) is 0 Å². The Kier molecular flexibility index (Phi) is 5.29.